The van der Waals surface area contributed by atoms with Crippen LogP contribution in [0.25, 0.3) is 10.9 Å². The van der Waals surface area contributed by atoms with Crippen molar-refractivity contribution in [1.29, 1.82) is 0 Å². The van der Waals surface area contributed by atoms with E-state index in [4.69, 9.17) is 0 Å². The van der Waals surface area contributed by atoms with Crippen molar-refractivity contribution in [3.05, 3.63) is 64.0 Å². The first-order valence-corrected chi connectivity index (χ1v) is 9.32. The number of nitrogens with one attached hydrogen (secondary N) is 1. The van der Waals surface area contributed by atoms with E-state index in [1.165, 1.54) is 6.20 Å². The van der Waals surface area contributed by atoms with Crippen LogP contribution in [-0.2, 0) is 0 Å². The molecule has 1 aliphatic rings. The first kappa shape index (κ1) is 18.7. The van der Waals surface area contributed by atoms with Gasteiger partial charge in [0, 0.05) is 37.4 Å². The first-order valence-electron chi connectivity index (χ1n) is 9.32. The monoisotopic (exact) mass is 392 g/mol. The lowest BCUT2D eigenvalue weighted by atomic mass is 10.1. The van der Waals surface area contributed by atoms with Gasteiger partial charge in [-0.25, -0.2) is 4.98 Å². The Labute approximate surface area is 166 Å². The van der Waals surface area contributed by atoms with E-state index in [0.717, 1.165) is 0 Å². The molecule has 1 unspecified atom stereocenters. The molecule has 1 saturated heterocycles. The Morgan fingerprint density at radius 1 is 1.17 bits per heavy atom. The number of H-pyrrole nitrogens is 1. The van der Waals surface area contributed by atoms with Gasteiger partial charge in [0.1, 0.15) is 5.82 Å². The molecule has 0 radical (unpaired) electrons. The Morgan fingerprint density at radius 2 is 2.00 bits per heavy atom. The van der Waals surface area contributed by atoms with Crippen LogP contribution in [0.2, 0.25) is 0 Å². The van der Waals surface area contributed by atoms with Crippen molar-refractivity contribution >= 4 is 22.7 Å². The van der Waals surface area contributed by atoms with E-state index in [2.05, 4.69) is 20.2 Å². The molecule has 1 aliphatic heterocycles. The number of benzene rings is 1. The quantitative estimate of drug-likeness (QED) is 0.697. The number of fused-ring (bicyclic) bond motifs is 1. The summed E-state index contributed by atoms with van der Waals surface area (Å²) in [6.45, 7) is 4.83. The van der Waals surface area contributed by atoms with Gasteiger partial charge in [-0.15, -0.1) is 5.10 Å². The van der Waals surface area contributed by atoms with Crippen LogP contribution in [-0.4, -0.2) is 67.5 Å². The fourth-order valence-corrected chi connectivity index (χ4v) is 3.58. The van der Waals surface area contributed by atoms with Crippen LogP contribution in [0, 0.1) is 6.92 Å². The van der Waals surface area contributed by atoms with Crippen molar-refractivity contribution in [2.75, 3.05) is 19.6 Å². The minimum atomic E-state index is -0.226. The maximum absolute atomic E-state index is 13.0. The maximum Gasteiger partial charge on any atom is 0.274 e. The number of aryl methyl sites for hydroxylation is 1. The van der Waals surface area contributed by atoms with E-state index in [1.54, 1.807) is 47.1 Å². The Kier molecular flexibility index (Phi) is 4.79. The normalized spacial score (nSPS) is 16.8. The number of carbonyl (C=O) groups is 2. The Hall–Kier alpha value is -3.62. The third-order valence-electron chi connectivity index (χ3n) is 5.04. The lowest BCUT2D eigenvalue weighted by Gasteiger charge is -2.39. The second-order valence-corrected chi connectivity index (χ2v) is 7.09. The standard InChI is InChI=1S/C20H20N6O3/c1-12-11-25(8-9-26(12)20(29)16-4-3-7-21-24-16)19(28)14-5-6-15-17(10-14)22-13(2)23-18(15)27/h3-7,10,12H,8-9,11H2,1-2H3,(H,22,23,27). The van der Waals surface area contributed by atoms with E-state index < -0.39 is 0 Å². The molecule has 29 heavy (non-hydrogen) atoms. The van der Waals surface area contributed by atoms with Gasteiger partial charge in [0.15, 0.2) is 5.69 Å². The molecule has 9 heteroatoms. The summed E-state index contributed by atoms with van der Waals surface area (Å²) >= 11 is 0. The second-order valence-electron chi connectivity index (χ2n) is 7.09. The van der Waals surface area contributed by atoms with E-state index in [0.29, 0.717) is 47.6 Å². The number of amides is 2. The average molecular weight is 392 g/mol. The van der Waals surface area contributed by atoms with Crippen LogP contribution in [0.1, 0.15) is 33.6 Å². The summed E-state index contributed by atoms with van der Waals surface area (Å²) in [6, 6.07) is 8.04. The van der Waals surface area contributed by atoms with E-state index in [1.807, 2.05) is 6.92 Å². The number of hydrogen-bond donors (Lipinski definition) is 1. The van der Waals surface area contributed by atoms with Gasteiger partial charge in [-0.1, -0.05) is 0 Å². The van der Waals surface area contributed by atoms with Crippen molar-refractivity contribution in [3.63, 3.8) is 0 Å². The first-order chi connectivity index (χ1) is 13.9. The van der Waals surface area contributed by atoms with Crippen LogP contribution in [0.3, 0.4) is 0 Å². The maximum atomic E-state index is 13.0. The molecule has 9 nitrogen and oxygen atoms in total. The average Bonchev–Trinajstić information content (AvgIpc) is 2.72. The van der Waals surface area contributed by atoms with Gasteiger partial charge in [-0.3, -0.25) is 14.4 Å². The smallest absolute Gasteiger partial charge is 0.274 e. The lowest BCUT2D eigenvalue weighted by molar-refractivity contribution is 0.0410. The molecular weight excluding hydrogens is 372 g/mol. The van der Waals surface area contributed by atoms with Crippen molar-refractivity contribution in [2.45, 2.75) is 19.9 Å². The summed E-state index contributed by atoms with van der Waals surface area (Å²) in [4.78, 5) is 48.0. The molecule has 1 fully saturated rings. The molecule has 1 N–H and O–H groups in total. The summed E-state index contributed by atoms with van der Waals surface area (Å²) in [5.74, 6) is 0.157. The molecule has 2 aromatic heterocycles. The second kappa shape index (κ2) is 7.42. The predicted octanol–water partition coefficient (Wildman–Crippen LogP) is 1.01. The number of piperazine rings is 1. The van der Waals surface area contributed by atoms with Crippen molar-refractivity contribution in [3.8, 4) is 0 Å². The number of aromatic nitrogens is 4. The van der Waals surface area contributed by atoms with E-state index in [9.17, 15) is 14.4 Å². The summed E-state index contributed by atoms with van der Waals surface area (Å²) < 4.78 is 0. The molecule has 1 aromatic carbocycles. The van der Waals surface area contributed by atoms with Gasteiger partial charge >= 0.3 is 0 Å². The molecule has 4 rings (SSSR count). The Bertz CT molecular complexity index is 1140. The molecule has 1 atom stereocenters. The van der Waals surface area contributed by atoms with Gasteiger partial charge in [-0.05, 0) is 44.2 Å². The SMILES string of the molecule is Cc1nc2cc(C(=O)N3CCN(C(=O)c4cccnn4)C(C)C3)ccc2c(=O)[nH]1. The largest absolute Gasteiger partial charge is 0.335 e. The Morgan fingerprint density at radius 3 is 2.72 bits per heavy atom. The molecule has 0 bridgehead atoms. The van der Waals surface area contributed by atoms with Crippen LogP contribution < -0.4 is 5.56 Å². The third kappa shape index (κ3) is 3.58. The Balaban J connectivity index is 1.52. The van der Waals surface area contributed by atoms with Gasteiger partial charge < -0.3 is 14.8 Å². The summed E-state index contributed by atoms with van der Waals surface area (Å²) in [6.07, 6.45) is 1.52. The predicted molar refractivity (Wildman–Crippen MR) is 106 cm³/mol. The lowest BCUT2D eigenvalue weighted by Crippen LogP contribution is -2.55. The highest BCUT2D eigenvalue weighted by atomic mass is 16.2. The van der Waals surface area contributed by atoms with Crippen LogP contribution in [0.5, 0.6) is 0 Å². The van der Waals surface area contributed by atoms with Crippen LogP contribution >= 0.6 is 0 Å². The zero-order chi connectivity index (χ0) is 20.5. The summed E-state index contributed by atoms with van der Waals surface area (Å²) in [7, 11) is 0. The number of carbonyl (C=O) groups excluding carboxylic acids is 2. The van der Waals surface area contributed by atoms with Crippen molar-refractivity contribution < 1.29 is 9.59 Å². The number of nitrogens with zero attached hydrogens (tertiary/aromatic N) is 5. The molecule has 3 heterocycles. The highest BCUT2D eigenvalue weighted by molar-refractivity contribution is 5.98. The fraction of sp³-hybridized carbons (Fsp3) is 0.300. The van der Waals surface area contributed by atoms with Gasteiger partial charge in [0.2, 0.25) is 0 Å². The summed E-state index contributed by atoms with van der Waals surface area (Å²) in [5.41, 5.74) is 1.02. The minimum absolute atomic E-state index is 0.148. The van der Waals surface area contributed by atoms with Gasteiger partial charge in [0.25, 0.3) is 17.4 Å². The molecule has 148 valence electrons. The van der Waals surface area contributed by atoms with Crippen molar-refractivity contribution in [1.82, 2.24) is 30.0 Å². The van der Waals surface area contributed by atoms with Gasteiger partial charge in [0.05, 0.1) is 10.9 Å². The zero-order valence-corrected chi connectivity index (χ0v) is 16.1. The molecule has 0 aliphatic carbocycles. The van der Waals surface area contributed by atoms with E-state index >= 15 is 0 Å². The molecule has 2 amide bonds. The molecule has 3 aromatic rings. The highest BCUT2D eigenvalue weighted by Gasteiger charge is 2.31. The molecule has 0 saturated carbocycles. The molecule has 0 spiro atoms. The third-order valence-corrected chi connectivity index (χ3v) is 5.04. The minimum Gasteiger partial charge on any atom is -0.335 e. The topological polar surface area (TPSA) is 112 Å². The highest BCUT2D eigenvalue weighted by Crippen LogP contribution is 2.17. The number of rotatable bonds is 2. The number of aromatic amines is 1. The van der Waals surface area contributed by atoms with Gasteiger partial charge in [-0.2, -0.15) is 5.10 Å². The van der Waals surface area contributed by atoms with Crippen molar-refractivity contribution in [2.24, 2.45) is 0 Å². The fourth-order valence-electron chi connectivity index (χ4n) is 3.58. The van der Waals surface area contributed by atoms with Crippen LogP contribution in [0.15, 0.2) is 41.3 Å². The molecular formula is C20H20N6O3. The van der Waals surface area contributed by atoms with Crippen LogP contribution in [0.4, 0.5) is 0 Å². The van der Waals surface area contributed by atoms with E-state index in [-0.39, 0.29) is 23.4 Å². The zero-order valence-electron chi connectivity index (χ0n) is 16.1. The number of hydrogen-bond acceptors (Lipinski definition) is 6. The summed E-state index contributed by atoms with van der Waals surface area (Å²) in [5, 5.41) is 8.07.